The molecule has 96 valence electrons. The average molecular weight is 279 g/mol. The van der Waals surface area contributed by atoms with Gasteiger partial charge in [0.2, 0.25) is 0 Å². The van der Waals surface area contributed by atoms with Crippen molar-refractivity contribution in [3.8, 4) is 0 Å². The zero-order chi connectivity index (χ0) is 12.9. The summed E-state index contributed by atoms with van der Waals surface area (Å²) in [6.07, 6.45) is 2.97. The minimum atomic E-state index is -3.39. The minimum absolute atomic E-state index is 0.258. The molecule has 0 saturated heterocycles. The summed E-state index contributed by atoms with van der Waals surface area (Å²) >= 11 is 5.95. The first-order valence-corrected chi connectivity index (χ1v) is 7.28. The van der Waals surface area contributed by atoms with E-state index in [0.717, 1.165) is 0 Å². The van der Waals surface area contributed by atoms with E-state index in [9.17, 15) is 4.57 Å². The molecule has 0 spiro atoms. The maximum atomic E-state index is 12.4. The second kappa shape index (κ2) is 6.47. The van der Waals surface area contributed by atoms with Crippen LogP contribution in [0.1, 0.15) is 25.2 Å². The van der Waals surface area contributed by atoms with Gasteiger partial charge < -0.3 is 14.8 Å². The van der Waals surface area contributed by atoms with E-state index in [-0.39, 0.29) is 13.2 Å². The molecule has 0 unspecified atom stereocenters. The quantitative estimate of drug-likeness (QED) is 0.810. The van der Waals surface area contributed by atoms with Gasteiger partial charge in [0.05, 0.1) is 18.2 Å². The Balaban J connectivity index is 3.04. The molecule has 1 rings (SSSR count). The molecule has 0 aliphatic carbocycles. The maximum absolute atomic E-state index is 12.4. The number of nitrogens with zero attached hydrogens (tertiary/aromatic N) is 1. The SMILES string of the molecule is CCOP(=O)(OCC)[C@@H](N)c1ccncc1Cl. The van der Waals surface area contributed by atoms with Crippen molar-refractivity contribution in [1.29, 1.82) is 0 Å². The van der Waals surface area contributed by atoms with E-state index in [1.807, 2.05) is 0 Å². The van der Waals surface area contributed by atoms with Crippen LogP contribution in [0, 0.1) is 0 Å². The van der Waals surface area contributed by atoms with E-state index in [1.54, 1.807) is 19.9 Å². The van der Waals surface area contributed by atoms with Crippen LogP contribution in [0.2, 0.25) is 5.02 Å². The zero-order valence-corrected chi connectivity index (χ0v) is 11.4. The maximum Gasteiger partial charge on any atom is 0.351 e. The number of hydrogen-bond donors (Lipinski definition) is 1. The van der Waals surface area contributed by atoms with E-state index in [1.165, 1.54) is 12.4 Å². The lowest BCUT2D eigenvalue weighted by molar-refractivity contribution is 0.212. The van der Waals surface area contributed by atoms with Gasteiger partial charge in [0.25, 0.3) is 0 Å². The molecule has 1 atom stereocenters. The Hall–Kier alpha value is -0.450. The van der Waals surface area contributed by atoms with Crippen LogP contribution in [-0.4, -0.2) is 18.2 Å². The third kappa shape index (κ3) is 3.50. The highest BCUT2D eigenvalue weighted by Crippen LogP contribution is 2.58. The molecule has 0 amide bonds. The molecule has 2 N–H and O–H groups in total. The number of halogens is 1. The average Bonchev–Trinajstić information content (AvgIpc) is 2.29. The van der Waals surface area contributed by atoms with E-state index < -0.39 is 13.4 Å². The van der Waals surface area contributed by atoms with Gasteiger partial charge in [-0.2, -0.15) is 0 Å². The van der Waals surface area contributed by atoms with E-state index >= 15 is 0 Å². The molecule has 17 heavy (non-hydrogen) atoms. The van der Waals surface area contributed by atoms with Gasteiger partial charge in [-0.3, -0.25) is 9.55 Å². The van der Waals surface area contributed by atoms with Crippen LogP contribution in [0.25, 0.3) is 0 Å². The Morgan fingerprint density at radius 1 is 1.47 bits per heavy atom. The number of hydrogen-bond acceptors (Lipinski definition) is 5. The van der Waals surface area contributed by atoms with Crippen molar-refractivity contribution in [2.75, 3.05) is 13.2 Å². The van der Waals surface area contributed by atoms with Crippen LogP contribution >= 0.6 is 19.2 Å². The smallest absolute Gasteiger partial charge is 0.314 e. The van der Waals surface area contributed by atoms with Crippen LogP contribution in [0.5, 0.6) is 0 Å². The molecule has 0 bridgehead atoms. The summed E-state index contributed by atoms with van der Waals surface area (Å²) in [7, 11) is -3.39. The van der Waals surface area contributed by atoms with Gasteiger partial charge in [0.1, 0.15) is 5.78 Å². The monoisotopic (exact) mass is 278 g/mol. The summed E-state index contributed by atoms with van der Waals surface area (Å²) < 4.78 is 22.8. The molecule has 1 aromatic heterocycles. The summed E-state index contributed by atoms with van der Waals surface area (Å²) in [5.74, 6) is -0.905. The fraction of sp³-hybridized carbons (Fsp3) is 0.500. The highest BCUT2D eigenvalue weighted by atomic mass is 35.5. The molecule has 0 aromatic carbocycles. The molecule has 0 aliphatic rings. The van der Waals surface area contributed by atoms with Crippen molar-refractivity contribution < 1.29 is 13.6 Å². The predicted octanol–water partition coefficient (Wildman–Crippen LogP) is 2.96. The fourth-order valence-electron chi connectivity index (χ4n) is 1.35. The van der Waals surface area contributed by atoms with E-state index in [0.29, 0.717) is 10.6 Å². The summed E-state index contributed by atoms with van der Waals surface area (Å²) in [6, 6.07) is 1.61. The highest BCUT2D eigenvalue weighted by Gasteiger charge is 2.35. The van der Waals surface area contributed by atoms with Crippen LogP contribution in [0.15, 0.2) is 18.5 Å². The molecule has 0 fully saturated rings. The third-order valence-electron chi connectivity index (χ3n) is 2.08. The lowest BCUT2D eigenvalue weighted by atomic mass is 10.3. The first-order chi connectivity index (χ1) is 8.05. The summed E-state index contributed by atoms with van der Waals surface area (Å²) in [5.41, 5.74) is 6.43. The van der Waals surface area contributed by atoms with Gasteiger partial charge in [-0.05, 0) is 19.9 Å². The zero-order valence-electron chi connectivity index (χ0n) is 9.80. The van der Waals surface area contributed by atoms with Crippen molar-refractivity contribution in [3.63, 3.8) is 0 Å². The summed E-state index contributed by atoms with van der Waals surface area (Å²) in [4.78, 5) is 3.84. The van der Waals surface area contributed by atoms with Crippen LogP contribution < -0.4 is 5.73 Å². The van der Waals surface area contributed by atoms with Gasteiger partial charge in [-0.15, -0.1) is 0 Å². The van der Waals surface area contributed by atoms with Crippen LogP contribution in [-0.2, 0) is 13.6 Å². The Bertz CT molecular complexity index is 406. The predicted molar refractivity (Wildman–Crippen MR) is 67.0 cm³/mol. The Morgan fingerprint density at radius 3 is 2.53 bits per heavy atom. The highest BCUT2D eigenvalue weighted by molar-refractivity contribution is 7.54. The molecule has 0 saturated carbocycles. The van der Waals surface area contributed by atoms with Gasteiger partial charge in [0, 0.05) is 18.0 Å². The van der Waals surface area contributed by atoms with Gasteiger partial charge in [0.15, 0.2) is 0 Å². The summed E-state index contributed by atoms with van der Waals surface area (Å²) in [6.45, 7) is 3.97. The topological polar surface area (TPSA) is 74.4 Å². The van der Waals surface area contributed by atoms with Crippen molar-refractivity contribution >= 4 is 19.2 Å². The van der Waals surface area contributed by atoms with Gasteiger partial charge >= 0.3 is 7.60 Å². The van der Waals surface area contributed by atoms with Gasteiger partial charge in [-0.25, -0.2) is 0 Å². The number of nitrogens with two attached hydrogens (primary N) is 1. The Labute approximate surface area is 106 Å². The van der Waals surface area contributed by atoms with Crippen LogP contribution in [0.4, 0.5) is 0 Å². The lowest BCUT2D eigenvalue weighted by Gasteiger charge is -2.23. The summed E-state index contributed by atoms with van der Waals surface area (Å²) in [5, 5.41) is 0.347. The van der Waals surface area contributed by atoms with Crippen molar-refractivity contribution in [3.05, 3.63) is 29.0 Å². The van der Waals surface area contributed by atoms with E-state index in [4.69, 9.17) is 26.4 Å². The molecule has 1 heterocycles. The number of aromatic nitrogens is 1. The standard InChI is InChI=1S/C10H16ClN2O3P/c1-3-15-17(14,16-4-2)10(12)8-5-6-13-7-9(8)11/h5-7,10H,3-4,12H2,1-2H3/t10-/m1/s1. The molecule has 0 radical (unpaired) electrons. The fourth-order valence-corrected chi connectivity index (χ4v) is 3.35. The molecular weight excluding hydrogens is 263 g/mol. The normalized spacial score (nSPS) is 13.6. The van der Waals surface area contributed by atoms with Crippen LogP contribution in [0.3, 0.4) is 0 Å². The van der Waals surface area contributed by atoms with Crippen molar-refractivity contribution in [1.82, 2.24) is 4.98 Å². The second-order valence-electron chi connectivity index (χ2n) is 3.22. The second-order valence-corrected chi connectivity index (χ2v) is 5.78. The van der Waals surface area contributed by atoms with Crippen molar-refractivity contribution in [2.45, 2.75) is 19.6 Å². The van der Waals surface area contributed by atoms with Gasteiger partial charge in [-0.1, -0.05) is 11.6 Å². The Kier molecular flexibility index (Phi) is 5.56. The molecule has 1 aromatic rings. The Morgan fingerprint density at radius 2 is 2.06 bits per heavy atom. The molecule has 0 aliphatic heterocycles. The molecular formula is C10H16ClN2O3P. The first-order valence-electron chi connectivity index (χ1n) is 5.29. The largest absolute Gasteiger partial charge is 0.351 e. The third-order valence-corrected chi connectivity index (χ3v) is 4.59. The van der Waals surface area contributed by atoms with E-state index in [2.05, 4.69) is 4.98 Å². The number of pyridine rings is 1. The first kappa shape index (κ1) is 14.6. The lowest BCUT2D eigenvalue weighted by Crippen LogP contribution is -2.15. The minimum Gasteiger partial charge on any atom is -0.314 e. The molecule has 7 heteroatoms. The van der Waals surface area contributed by atoms with Crippen molar-refractivity contribution in [2.24, 2.45) is 5.73 Å². The molecule has 5 nitrogen and oxygen atoms in total. The number of rotatable bonds is 6.